The number of nitrogens with zero attached hydrogens (tertiary/aromatic N) is 1. The molecular formula is C23H28N2O3. The normalized spacial score (nSPS) is 16.7. The Hall–Kier alpha value is -2.82. The van der Waals surface area contributed by atoms with Gasteiger partial charge in [-0.3, -0.25) is 4.79 Å². The van der Waals surface area contributed by atoms with E-state index in [9.17, 15) is 9.59 Å². The van der Waals surface area contributed by atoms with Crippen molar-refractivity contribution in [1.82, 2.24) is 4.90 Å². The highest BCUT2D eigenvalue weighted by Crippen LogP contribution is 2.29. The molecule has 1 saturated heterocycles. The van der Waals surface area contributed by atoms with Gasteiger partial charge in [0.25, 0.3) is 0 Å². The largest absolute Gasteiger partial charge is 0.444 e. The van der Waals surface area contributed by atoms with Crippen molar-refractivity contribution in [3.8, 4) is 0 Å². The van der Waals surface area contributed by atoms with Crippen molar-refractivity contribution in [2.75, 3.05) is 18.4 Å². The first-order chi connectivity index (χ1) is 13.3. The number of hydrogen-bond acceptors (Lipinski definition) is 3. The van der Waals surface area contributed by atoms with Crippen LogP contribution in [0.15, 0.2) is 54.6 Å². The Morgan fingerprint density at radius 3 is 2.39 bits per heavy atom. The van der Waals surface area contributed by atoms with E-state index in [1.807, 2.05) is 75.4 Å². The zero-order valence-electron chi connectivity index (χ0n) is 16.8. The van der Waals surface area contributed by atoms with E-state index in [0.717, 1.165) is 17.7 Å². The van der Waals surface area contributed by atoms with Gasteiger partial charge in [0.15, 0.2) is 0 Å². The number of amides is 2. The maximum atomic E-state index is 12.2. The molecule has 148 valence electrons. The number of anilines is 1. The SMILES string of the molecule is CC(C)(C)OC(=O)N1CCC(c2ccc(NC(=O)Cc3ccccc3)cc2)C1. The van der Waals surface area contributed by atoms with Crippen molar-refractivity contribution in [2.24, 2.45) is 0 Å². The monoisotopic (exact) mass is 380 g/mol. The lowest BCUT2D eigenvalue weighted by molar-refractivity contribution is -0.115. The van der Waals surface area contributed by atoms with Crippen molar-refractivity contribution in [3.05, 3.63) is 65.7 Å². The lowest BCUT2D eigenvalue weighted by atomic mass is 9.98. The summed E-state index contributed by atoms with van der Waals surface area (Å²) in [6.07, 6.45) is 1.02. The zero-order valence-corrected chi connectivity index (χ0v) is 16.8. The van der Waals surface area contributed by atoms with Gasteiger partial charge >= 0.3 is 6.09 Å². The van der Waals surface area contributed by atoms with Crippen LogP contribution in [-0.4, -0.2) is 35.6 Å². The van der Waals surface area contributed by atoms with E-state index in [2.05, 4.69) is 5.32 Å². The molecule has 28 heavy (non-hydrogen) atoms. The highest BCUT2D eigenvalue weighted by atomic mass is 16.6. The highest BCUT2D eigenvalue weighted by Gasteiger charge is 2.30. The minimum atomic E-state index is -0.477. The van der Waals surface area contributed by atoms with E-state index >= 15 is 0 Å². The summed E-state index contributed by atoms with van der Waals surface area (Å²) in [4.78, 5) is 26.2. The summed E-state index contributed by atoms with van der Waals surface area (Å²) in [6, 6.07) is 17.6. The van der Waals surface area contributed by atoms with E-state index in [1.54, 1.807) is 4.90 Å². The lowest BCUT2D eigenvalue weighted by Crippen LogP contribution is -2.35. The number of hydrogen-bond donors (Lipinski definition) is 1. The molecule has 1 aliphatic rings. The molecule has 1 aliphatic heterocycles. The quantitative estimate of drug-likeness (QED) is 0.844. The third kappa shape index (κ3) is 5.59. The maximum absolute atomic E-state index is 12.2. The van der Waals surface area contributed by atoms with Crippen LogP contribution in [0.4, 0.5) is 10.5 Å². The van der Waals surface area contributed by atoms with E-state index in [4.69, 9.17) is 4.74 Å². The summed E-state index contributed by atoms with van der Waals surface area (Å²) >= 11 is 0. The number of ether oxygens (including phenoxy) is 1. The van der Waals surface area contributed by atoms with E-state index in [0.29, 0.717) is 25.4 Å². The fraction of sp³-hybridized carbons (Fsp3) is 0.391. The topological polar surface area (TPSA) is 58.6 Å². The molecule has 0 bridgehead atoms. The summed E-state index contributed by atoms with van der Waals surface area (Å²) in [7, 11) is 0. The molecule has 1 fully saturated rings. The van der Waals surface area contributed by atoms with Crippen LogP contribution in [0.5, 0.6) is 0 Å². The van der Waals surface area contributed by atoms with Crippen LogP contribution in [-0.2, 0) is 16.0 Å². The third-order valence-electron chi connectivity index (χ3n) is 4.71. The molecule has 3 rings (SSSR count). The molecule has 1 atom stereocenters. The Bertz CT molecular complexity index is 810. The Kier molecular flexibility index (Phi) is 6.02. The Morgan fingerprint density at radius 2 is 1.75 bits per heavy atom. The van der Waals surface area contributed by atoms with Crippen LogP contribution >= 0.6 is 0 Å². The molecule has 2 amide bonds. The highest BCUT2D eigenvalue weighted by molar-refractivity contribution is 5.92. The predicted molar refractivity (Wildman–Crippen MR) is 110 cm³/mol. The molecule has 1 unspecified atom stereocenters. The summed E-state index contributed by atoms with van der Waals surface area (Å²) in [6.45, 7) is 7.00. The number of carbonyl (C=O) groups excluding carboxylic acids is 2. The van der Waals surface area contributed by atoms with Crippen molar-refractivity contribution >= 4 is 17.7 Å². The molecule has 5 heteroatoms. The minimum Gasteiger partial charge on any atom is -0.444 e. The molecular weight excluding hydrogens is 352 g/mol. The second-order valence-electron chi connectivity index (χ2n) is 8.24. The van der Waals surface area contributed by atoms with Gasteiger partial charge in [-0.25, -0.2) is 4.79 Å². The molecule has 1 heterocycles. The Labute approximate surface area is 166 Å². The maximum Gasteiger partial charge on any atom is 0.410 e. The van der Waals surface area contributed by atoms with Crippen LogP contribution in [0.25, 0.3) is 0 Å². The van der Waals surface area contributed by atoms with Gasteiger partial charge in [-0.2, -0.15) is 0 Å². The lowest BCUT2D eigenvalue weighted by Gasteiger charge is -2.24. The molecule has 0 aliphatic carbocycles. The molecule has 1 N–H and O–H groups in total. The van der Waals surface area contributed by atoms with Gasteiger partial charge in [0.1, 0.15) is 5.60 Å². The summed E-state index contributed by atoms with van der Waals surface area (Å²) in [5.74, 6) is 0.262. The average molecular weight is 380 g/mol. The van der Waals surface area contributed by atoms with Crippen LogP contribution in [0.3, 0.4) is 0 Å². The second-order valence-corrected chi connectivity index (χ2v) is 8.24. The van der Waals surface area contributed by atoms with Gasteiger partial charge in [-0.15, -0.1) is 0 Å². The molecule has 0 radical (unpaired) electrons. The standard InChI is InChI=1S/C23H28N2O3/c1-23(2,3)28-22(27)25-14-13-19(16-25)18-9-11-20(12-10-18)24-21(26)15-17-7-5-4-6-8-17/h4-12,19H,13-16H2,1-3H3,(H,24,26). The zero-order chi connectivity index (χ0) is 20.1. The number of benzene rings is 2. The van der Waals surface area contributed by atoms with E-state index in [1.165, 1.54) is 5.56 Å². The Balaban J connectivity index is 1.53. The van der Waals surface area contributed by atoms with Crippen LogP contribution in [0.2, 0.25) is 0 Å². The summed E-state index contributed by atoms with van der Waals surface area (Å²) in [5.41, 5.74) is 2.47. The first-order valence-corrected chi connectivity index (χ1v) is 9.72. The molecule has 0 aromatic heterocycles. The third-order valence-corrected chi connectivity index (χ3v) is 4.71. The molecule has 5 nitrogen and oxygen atoms in total. The van der Waals surface area contributed by atoms with Gasteiger partial charge < -0.3 is 15.0 Å². The van der Waals surface area contributed by atoms with Gasteiger partial charge in [0.2, 0.25) is 5.91 Å². The van der Waals surface area contributed by atoms with Crippen molar-refractivity contribution in [1.29, 1.82) is 0 Å². The first kappa shape index (κ1) is 19.9. The smallest absolute Gasteiger partial charge is 0.410 e. The van der Waals surface area contributed by atoms with Gasteiger partial charge in [0, 0.05) is 24.7 Å². The van der Waals surface area contributed by atoms with Gasteiger partial charge in [0.05, 0.1) is 6.42 Å². The van der Waals surface area contributed by atoms with E-state index < -0.39 is 5.60 Å². The molecule has 0 spiro atoms. The fourth-order valence-electron chi connectivity index (χ4n) is 3.35. The number of likely N-dealkylation sites (tertiary alicyclic amines) is 1. The number of nitrogens with one attached hydrogen (secondary N) is 1. The van der Waals surface area contributed by atoms with Gasteiger partial charge in [-0.05, 0) is 50.5 Å². The first-order valence-electron chi connectivity index (χ1n) is 9.72. The van der Waals surface area contributed by atoms with Crippen molar-refractivity contribution in [2.45, 2.75) is 45.1 Å². The van der Waals surface area contributed by atoms with Crippen molar-refractivity contribution < 1.29 is 14.3 Å². The molecule has 0 saturated carbocycles. The second kappa shape index (κ2) is 8.46. The number of carbonyl (C=O) groups is 2. The number of rotatable bonds is 4. The molecule has 2 aromatic carbocycles. The fourth-order valence-corrected chi connectivity index (χ4v) is 3.35. The van der Waals surface area contributed by atoms with E-state index in [-0.39, 0.29) is 12.0 Å². The summed E-state index contributed by atoms with van der Waals surface area (Å²) in [5, 5.41) is 2.94. The Morgan fingerprint density at radius 1 is 1.07 bits per heavy atom. The van der Waals surface area contributed by atoms with Crippen LogP contribution in [0.1, 0.15) is 44.2 Å². The predicted octanol–water partition coefficient (Wildman–Crippen LogP) is 4.59. The average Bonchev–Trinajstić information content (AvgIpc) is 3.12. The van der Waals surface area contributed by atoms with Gasteiger partial charge in [-0.1, -0.05) is 42.5 Å². The minimum absolute atomic E-state index is 0.0316. The van der Waals surface area contributed by atoms with Crippen LogP contribution in [0, 0.1) is 0 Å². The van der Waals surface area contributed by atoms with Crippen molar-refractivity contribution in [3.63, 3.8) is 0 Å². The summed E-state index contributed by atoms with van der Waals surface area (Å²) < 4.78 is 5.46. The van der Waals surface area contributed by atoms with Crippen LogP contribution < -0.4 is 5.32 Å². The molecule has 2 aromatic rings.